The van der Waals surface area contributed by atoms with Gasteiger partial charge in [0.05, 0.1) is 9.26 Å². The smallest absolute Gasteiger partial charge is 0.329 e. The van der Waals surface area contributed by atoms with Crippen LogP contribution in [0.15, 0.2) is 72.4 Å². The Labute approximate surface area is 219 Å². The van der Waals surface area contributed by atoms with Gasteiger partial charge in [-0.25, -0.2) is 14.1 Å². The minimum absolute atomic E-state index is 0.0224. The number of hydrogen-bond acceptors (Lipinski definition) is 4. The van der Waals surface area contributed by atoms with Crippen molar-refractivity contribution in [2.75, 3.05) is 11.9 Å². The van der Waals surface area contributed by atoms with Crippen LogP contribution in [-0.4, -0.2) is 29.3 Å². The van der Waals surface area contributed by atoms with Gasteiger partial charge in [0.25, 0.3) is 5.91 Å². The van der Waals surface area contributed by atoms with Crippen LogP contribution < -0.4 is 15.4 Å². The van der Waals surface area contributed by atoms with Gasteiger partial charge in [0.1, 0.15) is 30.4 Å². The zero-order valence-corrected chi connectivity index (χ0v) is 21.0. The van der Waals surface area contributed by atoms with E-state index >= 15 is 0 Å². The molecule has 178 valence electrons. The SMILES string of the molecule is O=C(CN1C(=O)N/C(=C/c2ccc(OCc3ccccc3Cl)c(I)c2)C1=O)Nc1ccccc1F. The number of halogens is 3. The highest BCUT2D eigenvalue weighted by Crippen LogP contribution is 2.26. The first-order chi connectivity index (χ1) is 16.8. The maximum atomic E-state index is 13.7. The first-order valence-electron chi connectivity index (χ1n) is 10.4. The van der Waals surface area contributed by atoms with Crippen LogP contribution in [-0.2, 0) is 16.2 Å². The normalized spacial score (nSPS) is 14.3. The summed E-state index contributed by atoms with van der Waals surface area (Å²) in [6.45, 7) is -0.253. The van der Waals surface area contributed by atoms with E-state index in [2.05, 4.69) is 33.2 Å². The maximum absolute atomic E-state index is 13.7. The van der Waals surface area contributed by atoms with E-state index in [1.165, 1.54) is 24.3 Å². The highest BCUT2D eigenvalue weighted by Gasteiger charge is 2.35. The van der Waals surface area contributed by atoms with E-state index in [0.29, 0.717) is 22.9 Å². The topological polar surface area (TPSA) is 87.7 Å². The van der Waals surface area contributed by atoms with Gasteiger partial charge in [-0.05, 0) is 64.6 Å². The molecule has 3 aromatic rings. The maximum Gasteiger partial charge on any atom is 0.329 e. The molecule has 4 amide bonds. The van der Waals surface area contributed by atoms with Crippen LogP contribution in [0.2, 0.25) is 5.02 Å². The Balaban J connectivity index is 1.41. The van der Waals surface area contributed by atoms with Crippen molar-refractivity contribution in [2.45, 2.75) is 6.61 Å². The van der Waals surface area contributed by atoms with Crippen LogP contribution in [0.25, 0.3) is 6.08 Å². The molecule has 4 rings (SSSR count). The predicted molar refractivity (Wildman–Crippen MR) is 138 cm³/mol. The Hall–Kier alpha value is -3.44. The largest absolute Gasteiger partial charge is 0.488 e. The van der Waals surface area contributed by atoms with Gasteiger partial charge in [0.2, 0.25) is 5.91 Å². The molecule has 0 unspecified atom stereocenters. The lowest BCUT2D eigenvalue weighted by Crippen LogP contribution is -2.38. The van der Waals surface area contributed by atoms with E-state index in [-0.39, 0.29) is 11.4 Å². The molecule has 0 bridgehead atoms. The number of carbonyl (C=O) groups excluding carboxylic acids is 3. The van der Waals surface area contributed by atoms with Crippen molar-refractivity contribution in [3.05, 3.63) is 98.0 Å². The minimum Gasteiger partial charge on any atom is -0.488 e. The number of nitrogens with zero attached hydrogens (tertiary/aromatic N) is 1. The number of imide groups is 1. The number of carbonyl (C=O) groups is 3. The number of urea groups is 1. The second kappa shape index (κ2) is 10.9. The van der Waals surface area contributed by atoms with E-state index in [0.717, 1.165) is 14.0 Å². The van der Waals surface area contributed by atoms with Crippen LogP contribution in [0.4, 0.5) is 14.9 Å². The number of hydrogen-bond donors (Lipinski definition) is 2. The standard InChI is InChI=1S/C25H18ClFIN3O4/c26-17-6-2-1-5-16(17)14-35-22-10-9-15(11-19(22)28)12-21-24(33)31(25(34)30-21)13-23(32)29-20-8-4-3-7-18(20)27/h1-12H,13-14H2,(H,29,32)(H,30,34)/b21-12+. The number of rotatable bonds is 7. The van der Waals surface area contributed by atoms with Gasteiger partial charge < -0.3 is 15.4 Å². The fourth-order valence-electron chi connectivity index (χ4n) is 3.27. The highest BCUT2D eigenvalue weighted by atomic mass is 127. The Kier molecular flexibility index (Phi) is 7.67. The van der Waals surface area contributed by atoms with E-state index in [1.807, 2.05) is 18.2 Å². The van der Waals surface area contributed by atoms with Crippen molar-refractivity contribution < 1.29 is 23.5 Å². The molecule has 1 fully saturated rings. The summed E-state index contributed by atoms with van der Waals surface area (Å²) in [5.41, 5.74) is 1.50. The van der Waals surface area contributed by atoms with Gasteiger partial charge >= 0.3 is 6.03 Å². The number of anilines is 1. The Morgan fingerprint density at radius 1 is 1.11 bits per heavy atom. The van der Waals surface area contributed by atoms with Crippen molar-refractivity contribution in [1.29, 1.82) is 0 Å². The molecule has 7 nitrogen and oxygen atoms in total. The molecule has 0 saturated carbocycles. The molecule has 0 radical (unpaired) electrons. The summed E-state index contributed by atoms with van der Waals surface area (Å²) in [5, 5.41) is 5.44. The Morgan fingerprint density at radius 2 is 1.86 bits per heavy atom. The molecule has 0 spiro atoms. The first-order valence-corrected chi connectivity index (χ1v) is 11.8. The summed E-state index contributed by atoms with van der Waals surface area (Å²) >= 11 is 8.28. The third kappa shape index (κ3) is 5.98. The predicted octanol–water partition coefficient (Wildman–Crippen LogP) is 5.19. The van der Waals surface area contributed by atoms with E-state index in [1.54, 1.807) is 30.3 Å². The summed E-state index contributed by atoms with van der Waals surface area (Å²) in [6, 6.07) is 17.6. The Bertz CT molecular complexity index is 1350. The van der Waals surface area contributed by atoms with Crippen LogP contribution in [0.3, 0.4) is 0 Å². The molecule has 0 aromatic heterocycles. The van der Waals surface area contributed by atoms with Crippen LogP contribution in [0.5, 0.6) is 5.75 Å². The molecule has 10 heteroatoms. The third-order valence-corrected chi connectivity index (χ3v) is 6.23. The summed E-state index contributed by atoms with van der Waals surface area (Å²) in [4.78, 5) is 38.0. The van der Waals surface area contributed by atoms with Crippen LogP contribution in [0, 0.1) is 9.39 Å². The van der Waals surface area contributed by atoms with E-state index in [9.17, 15) is 18.8 Å². The summed E-state index contributed by atoms with van der Waals surface area (Å²) in [6.07, 6.45) is 1.51. The lowest BCUT2D eigenvalue weighted by Gasteiger charge is -2.12. The average Bonchev–Trinajstić information content (AvgIpc) is 3.08. The quantitative estimate of drug-likeness (QED) is 0.220. The number of amides is 4. The zero-order chi connectivity index (χ0) is 24.9. The number of benzene rings is 3. The fraction of sp³-hybridized carbons (Fsp3) is 0.0800. The van der Waals surface area contributed by atoms with Crippen molar-refractivity contribution >= 4 is 63.8 Å². The second-order valence-electron chi connectivity index (χ2n) is 7.48. The molecular weight excluding hydrogens is 588 g/mol. The summed E-state index contributed by atoms with van der Waals surface area (Å²) in [7, 11) is 0. The fourth-order valence-corrected chi connectivity index (χ4v) is 4.16. The lowest BCUT2D eigenvalue weighted by atomic mass is 10.2. The van der Waals surface area contributed by atoms with Crippen LogP contribution >= 0.6 is 34.2 Å². The number of para-hydroxylation sites is 1. The first kappa shape index (κ1) is 24.7. The van der Waals surface area contributed by atoms with E-state index in [4.69, 9.17) is 16.3 Å². The molecule has 0 atom stereocenters. The average molecular weight is 606 g/mol. The monoisotopic (exact) mass is 605 g/mol. The van der Waals surface area contributed by atoms with Crippen molar-refractivity contribution in [2.24, 2.45) is 0 Å². The summed E-state index contributed by atoms with van der Waals surface area (Å²) in [5.74, 6) is -1.34. The van der Waals surface area contributed by atoms with Gasteiger partial charge in [0, 0.05) is 10.6 Å². The molecule has 1 heterocycles. The van der Waals surface area contributed by atoms with Crippen LogP contribution in [0.1, 0.15) is 11.1 Å². The van der Waals surface area contributed by atoms with Crippen molar-refractivity contribution in [1.82, 2.24) is 10.2 Å². The lowest BCUT2D eigenvalue weighted by molar-refractivity contribution is -0.127. The van der Waals surface area contributed by atoms with Gasteiger partial charge in [-0.1, -0.05) is 48.0 Å². The third-order valence-electron chi connectivity index (χ3n) is 5.02. The minimum atomic E-state index is -0.737. The molecule has 1 aliphatic rings. The molecule has 1 aliphatic heterocycles. The molecule has 3 aromatic carbocycles. The second-order valence-corrected chi connectivity index (χ2v) is 9.05. The molecule has 35 heavy (non-hydrogen) atoms. The van der Waals surface area contributed by atoms with Crippen molar-refractivity contribution in [3.8, 4) is 5.75 Å². The molecule has 1 saturated heterocycles. The van der Waals surface area contributed by atoms with Crippen molar-refractivity contribution in [3.63, 3.8) is 0 Å². The molecule has 0 aliphatic carbocycles. The van der Waals surface area contributed by atoms with Gasteiger partial charge in [-0.2, -0.15) is 0 Å². The Morgan fingerprint density at radius 3 is 2.60 bits per heavy atom. The van der Waals surface area contributed by atoms with Gasteiger partial charge in [0.15, 0.2) is 0 Å². The van der Waals surface area contributed by atoms with E-state index < -0.39 is 30.2 Å². The molecule has 2 N–H and O–H groups in total. The zero-order valence-electron chi connectivity index (χ0n) is 18.1. The summed E-state index contributed by atoms with van der Waals surface area (Å²) < 4.78 is 20.4. The molecular formula is C25H18ClFIN3O4. The van der Waals surface area contributed by atoms with Gasteiger partial charge in [-0.3, -0.25) is 9.59 Å². The number of ether oxygens (including phenoxy) is 1. The van der Waals surface area contributed by atoms with Gasteiger partial charge in [-0.15, -0.1) is 0 Å². The number of nitrogens with one attached hydrogen (secondary N) is 2. The highest BCUT2D eigenvalue weighted by molar-refractivity contribution is 14.1.